The molecule has 1 aliphatic carbocycles. The lowest BCUT2D eigenvalue weighted by Gasteiger charge is -2.14. The van der Waals surface area contributed by atoms with Gasteiger partial charge in [-0.25, -0.2) is 4.79 Å². The van der Waals surface area contributed by atoms with Gasteiger partial charge in [0.2, 0.25) is 5.91 Å². The Labute approximate surface area is 157 Å². The zero-order chi connectivity index (χ0) is 19.4. The monoisotopic (exact) mass is 371 g/mol. The highest BCUT2D eigenvalue weighted by Crippen LogP contribution is 2.36. The van der Waals surface area contributed by atoms with Crippen LogP contribution >= 0.6 is 0 Å². The zero-order valence-electron chi connectivity index (χ0n) is 15.5. The Bertz CT molecular complexity index is 800. The van der Waals surface area contributed by atoms with Gasteiger partial charge in [-0.2, -0.15) is 5.10 Å². The van der Waals surface area contributed by atoms with E-state index >= 15 is 0 Å². The first-order valence-electron chi connectivity index (χ1n) is 9.10. The van der Waals surface area contributed by atoms with Crippen molar-refractivity contribution in [1.82, 2.24) is 15.5 Å². The maximum atomic E-state index is 11.7. The summed E-state index contributed by atoms with van der Waals surface area (Å²) in [5.74, 6) is 0.518. The first-order chi connectivity index (χ1) is 12.9. The highest BCUT2D eigenvalue weighted by Gasteiger charge is 2.30. The van der Waals surface area contributed by atoms with Gasteiger partial charge in [0.05, 0.1) is 0 Å². The van der Waals surface area contributed by atoms with Gasteiger partial charge in [-0.05, 0) is 57.4 Å². The summed E-state index contributed by atoms with van der Waals surface area (Å²) in [6.07, 6.45) is 2.12. The van der Waals surface area contributed by atoms with Gasteiger partial charge in [0.25, 0.3) is 0 Å². The molecule has 2 atom stereocenters. The van der Waals surface area contributed by atoms with E-state index in [1.54, 1.807) is 24.3 Å². The van der Waals surface area contributed by atoms with Crippen molar-refractivity contribution in [3.05, 3.63) is 41.6 Å². The number of aromatic nitrogens is 2. The molecule has 1 fully saturated rings. The second-order valence-corrected chi connectivity index (χ2v) is 7.11. The number of hydrogen-bond acceptors (Lipinski definition) is 5. The van der Waals surface area contributed by atoms with Crippen LogP contribution in [0.4, 0.5) is 16.3 Å². The summed E-state index contributed by atoms with van der Waals surface area (Å²) in [6.45, 7) is 3.80. The number of nitrogens with two attached hydrogens (primary N) is 1. The number of H-pyrrole nitrogens is 1. The molecule has 144 valence electrons. The van der Waals surface area contributed by atoms with Crippen molar-refractivity contribution in [2.75, 3.05) is 5.32 Å². The van der Waals surface area contributed by atoms with Crippen LogP contribution < -0.4 is 16.4 Å². The molecule has 0 unspecified atom stereocenters. The molecule has 8 heteroatoms. The van der Waals surface area contributed by atoms with Crippen molar-refractivity contribution in [2.24, 2.45) is 5.73 Å². The molecule has 27 heavy (non-hydrogen) atoms. The summed E-state index contributed by atoms with van der Waals surface area (Å²) < 4.78 is 5.47. The van der Waals surface area contributed by atoms with Gasteiger partial charge >= 0.3 is 6.09 Å². The van der Waals surface area contributed by atoms with Crippen LogP contribution in [0.25, 0.3) is 0 Å². The Balaban J connectivity index is 1.55. The predicted octanol–water partition coefficient (Wildman–Crippen LogP) is 3.02. The molecule has 2 amide bonds. The van der Waals surface area contributed by atoms with Crippen LogP contribution in [0.3, 0.4) is 0 Å². The van der Waals surface area contributed by atoms with Crippen molar-refractivity contribution < 1.29 is 14.3 Å². The first-order valence-corrected chi connectivity index (χ1v) is 9.10. The van der Waals surface area contributed by atoms with Crippen molar-refractivity contribution in [3.63, 3.8) is 0 Å². The van der Waals surface area contributed by atoms with Crippen molar-refractivity contribution in [2.45, 2.75) is 51.2 Å². The standard InChI is InChI=1S/C19H25N5O3/c1-11(2)21-19(26)27-15-8-5-13(9-15)16-10-17(24-23-16)22-14-6-3-12(4-7-14)18(20)25/h3-4,6-7,10-11,13,15H,5,8-9H2,1-2H3,(H2,20,25)(H,21,26)(H2,22,23,24)/t13-,15+/m1/s1. The highest BCUT2D eigenvalue weighted by molar-refractivity contribution is 5.93. The number of carbonyl (C=O) groups is 2. The van der Waals surface area contributed by atoms with Crippen LogP contribution in [0, 0.1) is 0 Å². The number of anilines is 2. The van der Waals surface area contributed by atoms with Crippen LogP contribution in [0.5, 0.6) is 0 Å². The third kappa shape index (κ3) is 4.99. The lowest BCUT2D eigenvalue weighted by atomic mass is 10.0. The number of ether oxygens (including phenoxy) is 1. The van der Waals surface area contributed by atoms with E-state index in [4.69, 9.17) is 10.5 Å². The first kappa shape index (κ1) is 18.8. The highest BCUT2D eigenvalue weighted by atomic mass is 16.6. The molecular formula is C19H25N5O3. The Morgan fingerprint density at radius 3 is 2.67 bits per heavy atom. The number of nitrogens with zero attached hydrogens (tertiary/aromatic N) is 1. The maximum absolute atomic E-state index is 11.7. The van der Waals surface area contributed by atoms with Gasteiger partial charge in [0.15, 0.2) is 5.82 Å². The van der Waals surface area contributed by atoms with Crippen molar-refractivity contribution in [1.29, 1.82) is 0 Å². The molecule has 0 saturated heterocycles. The van der Waals surface area contributed by atoms with Gasteiger partial charge in [-0.15, -0.1) is 0 Å². The van der Waals surface area contributed by atoms with Crippen LogP contribution in [0.15, 0.2) is 30.3 Å². The summed E-state index contributed by atoms with van der Waals surface area (Å²) >= 11 is 0. The quantitative estimate of drug-likeness (QED) is 0.622. The number of alkyl carbamates (subject to hydrolysis) is 1. The normalized spacial score (nSPS) is 19.1. The number of aromatic amines is 1. The number of benzene rings is 1. The minimum Gasteiger partial charge on any atom is -0.446 e. The van der Waals surface area contributed by atoms with Gasteiger partial charge in [-0.1, -0.05) is 0 Å². The fourth-order valence-corrected chi connectivity index (χ4v) is 3.23. The molecule has 0 bridgehead atoms. The zero-order valence-corrected chi connectivity index (χ0v) is 15.5. The molecule has 1 aromatic carbocycles. The smallest absolute Gasteiger partial charge is 0.407 e. The van der Waals surface area contributed by atoms with E-state index in [0.29, 0.717) is 11.4 Å². The average molecular weight is 371 g/mol. The third-order valence-electron chi connectivity index (χ3n) is 4.54. The molecule has 1 aromatic heterocycles. The number of rotatable bonds is 6. The number of amides is 2. The summed E-state index contributed by atoms with van der Waals surface area (Å²) in [5, 5.41) is 13.3. The Morgan fingerprint density at radius 2 is 2.00 bits per heavy atom. The molecule has 0 aliphatic heterocycles. The Morgan fingerprint density at radius 1 is 1.26 bits per heavy atom. The molecule has 8 nitrogen and oxygen atoms in total. The lowest BCUT2D eigenvalue weighted by molar-refractivity contribution is 0.0978. The SMILES string of the molecule is CC(C)NC(=O)O[C@H]1CC[C@@H](c2cc(Nc3ccc(C(N)=O)cc3)n[nH]2)C1. The van der Waals surface area contributed by atoms with Crippen LogP contribution in [0.1, 0.15) is 55.1 Å². The number of hydrogen-bond donors (Lipinski definition) is 4. The summed E-state index contributed by atoms with van der Waals surface area (Å²) in [7, 11) is 0. The number of nitrogens with one attached hydrogen (secondary N) is 3. The van der Waals surface area contributed by atoms with E-state index in [1.165, 1.54) is 0 Å². The van der Waals surface area contributed by atoms with Crippen LogP contribution in [-0.2, 0) is 4.74 Å². The number of primary amides is 1. The Kier molecular flexibility index (Phi) is 5.63. The van der Waals surface area contributed by atoms with E-state index in [9.17, 15) is 9.59 Å². The fourth-order valence-electron chi connectivity index (χ4n) is 3.23. The van der Waals surface area contributed by atoms with Gasteiger partial charge in [0.1, 0.15) is 6.10 Å². The molecule has 0 spiro atoms. The van der Waals surface area contributed by atoms with Crippen molar-refractivity contribution >= 4 is 23.5 Å². The molecule has 5 N–H and O–H groups in total. The van der Waals surface area contributed by atoms with Gasteiger partial charge < -0.3 is 21.1 Å². The molecule has 1 heterocycles. The maximum Gasteiger partial charge on any atom is 0.407 e. The molecule has 1 aliphatic rings. The molecule has 1 saturated carbocycles. The third-order valence-corrected chi connectivity index (χ3v) is 4.54. The summed E-state index contributed by atoms with van der Waals surface area (Å²) in [6, 6.07) is 8.91. The minimum absolute atomic E-state index is 0.0629. The molecular weight excluding hydrogens is 346 g/mol. The second-order valence-electron chi connectivity index (χ2n) is 7.11. The minimum atomic E-state index is -0.455. The van der Waals surface area contributed by atoms with Crippen LogP contribution in [0.2, 0.25) is 0 Å². The van der Waals surface area contributed by atoms with E-state index in [0.717, 1.165) is 30.6 Å². The summed E-state index contributed by atoms with van der Waals surface area (Å²) in [5.41, 5.74) is 7.53. The van der Waals surface area contributed by atoms with Crippen molar-refractivity contribution in [3.8, 4) is 0 Å². The molecule has 0 radical (unpaired) electrons. The van der Waals surface area contributed by atoms with E-state index in [1.807, 2.05) is 19.9 Å². The fraction of sp³-hybridized carbons (Fsp3) is 0.421. The van der Waals surface area contributed by atoms with Gasteiger partial charge in [0, 0.05) is 35.0 Å². The lowest BCUT2D eigenvalue weighted by Crippen LogP contribution is -2.33. The Hall–Kier alpha value is -3.03. The largest absolute Gasteiger partial charge is 0.446 e. The van der Waals surface area contributed by atoms with E-state index < -0.39 is 5.91 Å². The van der Waals surface area contributed by atoms with Gasteiger partial charge in [-0.3, -0.25) is 9.89 Å². The topological polar surface area (TPSA) is 122 Å². The van der Waals surface area contributed by atoms with E-state index in [2.05, 4.69) is 20.8 Å². The average Bonchev–Trinajstić information content (AvgIpc) is 3.24. The van der Waals surface area contributed by atoms with E-state index in [-0.39, 0.29) is 24.2 Å². The molecule has 2 aromatic rings. The summed E-state index contributed by atoms with van der Waals surface area (Å²) in [4.78, 5) is 22.8. The molecule has 3 rings (SSSR count). The van der Waals surface area contributed by atoms with Crippen LogP contribution in [-0.4, -0.2) is 34.3 Å². The number of carbonyl (C=O) groups excluding carboxylic acids is 2. The second kappa shape index (κ2) is 8.11. The predicted molar refractivity (Wildman–Crippen MR) is 102 cm³/mol.